The molecule has 1 aromatic heterocycles. The summed E-state index contributed by atoms with van der Waals surface area (Å²) in [5, 5.41) is 10.3. The van der Waals surface area contributed by atoms with Crippen LogP contribution in [0.3, 0.4) is 0 Å². The van der Waals surface area contributed by atoms with E-state index in [4.69, 9.17) is 9.47 Å². The zero-order valence-corrected chi connectivity index (χ0v) is 11.8. The summed E-state index contributed by atoms with van der Waals surface area (Å²) in [6.45, 7) is 1.22. The summed E-state index contributed by atoms with van der Waals surface area (Å²) >= 11 is 0. The second-order valence-corrected chi connectivity index (χ2v) is 5.04. The van der Waals surface area contributed by atoms with Crippen molar-refractivity contribution >= 4 is 0 Å². The van der Waals surface area contributed by atoms with E-state index in [9.17, 15) is 4.39 Å². The van der Waals surface area contributed by atoms with Gasteiger partial charge in [-0.3, -0.25) is 5.10 Å². The Balaban J connectivity index is 1.68. The number of rotatable bonds is 5. The van der Waals surface area contributed by atoms with Crippen LogP contribution in [0.15, 0.2) is 30.5 Å². The highest BCUT2D eigenvalue weighted by molar-refractivity contribution is 5.33. The van der Waals surface area contributed by atoms with Gasteiger partial charge in [0.25, 0.3) is 0 Å². The molecule has 0 bridgehead atoms. The Morgan fingerprint density at radius 1 is 1.48 bits per heavy atom. The lowest BCUT2D eigenvalue weighted by atomic mass is 10.1. The van der Waals surface area contributed by atoms with Crippen LogP contribution in [0.1, 0.15) is 23.8 Å². The molecule has 2 aromatic rings. The molecule has 0 aliphatic carbocycles. The summed E-state index contributed by atoms with van der Waals surface area (Å²) in [6.07, 6.45) is 2.57. The normalized spacial score (nSPS) is 21.6. The molecule has 6 heteroatoms. The minimum absolute atomic E-state index is 0.0490. The molecule has 2 heterocycles. The molecule has 0 saturated carbocycles. The fourth-order valence-electron chi connectivity index (χ4n) is 2.66. The number of ether oxygens (including phenoxy) is 2. The van der Waals surface area contributed by atoms with Crippen molar-refractivity contribution in [2.75, 3.05) is 13.7 Å². The maximum absolute atomic E-state index is 13.4. The molecule has 1 aliphatic heterocycles. The van der Waals surface area contributed by atoms with E-state index >= 15 is 0 Å². The van der Waals surface area contributed by atoms with Gasteiger partial charge < -0.3 is 14.8 Å². The molecule has 1 aliphatic rings. The number of H-pyrrole nitrogens is 1. The third-order valence-corrected chi connectivity index (χ3v) is 3.72. The van der Waals surface area contributed by atoms with Gasteiger partial charge in [0.1, 0.15) is 17.7 Å². The average Bonchev–Trinajstić information content (AvgIpc) is 3.16. The first-order valence-corrected chi connectivity index (χ1v) is 6.94. The van der Waals surface area contributed by atoms with Gasteiger partial charge in [0.05, 0.1) is 12.8 Å². The fourth-order valence-corrected chi connectivity index (χ4v) is 2.66. The highest BCUT2D eigenvalue weighted by atomic mass is 19.1. The summed E-state index contributed by atoms with van der Waals surface area (Å²) in [4.78, 5) is 0. The number of benzene rings is 1. The van der Waals surface area contributed by atoms with Crippen LogP contribution in [0.5, 0.6) is 5.75 Å². The van der Waals surface area contributed by atoms with Gasteiger partial charge >= 0.3 is 0 Å². The first-order valence-electron chi connectivity index (χ1n) is 6.94. The SMILES string of the molecule is COc1ccc(F)cc1CN[C@H]1CCO[C@@H]1c1ccn[nH]1. The lowest BCUT2D eigenvalue weighted by Gasteiger charge is -2.19. The van der Waals surface area contributed by atoms with Crippen molar-refractivity contribution in [1.29, 1.82) is 0 Å². The van der Waals surface area contributed by atoms with Gasteiger partial charge in [0.2, 0.25) is 0 Å². The zero-order valence-electron chi connectivity index (χ0n) is 11.8. The summed E-state index contributed by atoms with van der Waals surface area (Å²) < 4.78 is 24.4. The monoisotopic (exact) mass is 291 g/mol. The number of hydrogen-bond acceptors (Lipinski definition) is 4. The lowest BCUT2D eigenvalue weighted by Crippen LogP contribution is -2.31. The van der Waals surface area contributed by atoms with E-state index in [0.29, 0.717) is 18.9 Å². The largest absolute Gasteiger partial charge is 0.496 e. The van der Waals surface area contributed by atoms with Crippen molar-refractivity contribution in [1.82, 2.24) is 15.5 Å². The van der Waals surface area contributed by atoms with Crippen molar-refractivity contribution < 1.29 is 13.9 Å². The predicted octanol–water partition coefficient (Wildman–Crippen LogP) is 2.18. The van der Waals surface area contributed by atoms with Gasteiger partial charge in [-0.2, -0.15) is 5.10 Å². The Hall–Kier alpha value is -1.92. The Morgan fingerprint density at radius 2 is 2.38 bits per heavy atom. The van der Waals surface area contributed by atoms with Crippen molar-refractivity contribution in [2.24, 2.45) is 0 Å². The number of nitrogens with zero attached hydrogens (tertiary/aromatic N) is 1. The smallest absolute Gasteiger partial charge is 0.123 e. The number of aromatic nitrogens is 2. The van der Waals surface area contributed by atoms with Crippen LogP contribution in [-0.4, -0.2) is 30.0 Å². The molecule has 1 fully saturated rings. The van der Waals surface area contributed by atoms with Gasteiger partial charge in [0, 0.05) is 31.0 Å². The van der Waals surface area contributed by atoms with Gasteiger partial charge in [-0.1, -0.05) is 0 Å². The summed E-state index contributed by atoms with van der Waals surface area (Å²) in [6, 6.07) is 6.61. The van der Waals surface area contributed by atoms with Crippen LogP contribution in [0.25, 0.3) is 0 Å². The third-order valence-electron chi connectivity index (χ3n) is 3.72. The molecule has 3 rings (SSSR count). The van der Waals surface area contributed by atoms with E-state index in [2.05, 4.69) is 15.5 Å². The predicted molar refractivity (Wildman–Crippen MR) is 75.5 cm³/mol. The third kappa shape index (κ3) is 3.06. The minimum Gasteiger partial charge on any atom is -0.496 e. The zero-order chi connectivity index (χ0) is 14.7. The fraction of sp³-hybridized carbons (Fsp3) is 0.400. The molecule has 1 saturated heterocycles. The van der Waals surface area contributed by atoms with E-state index in [1.807, 2.05) is 6.07 Å². The minimum atomic E-state index is -0.264. The molecule has 21 heavy (non-hydrogen) atoms. The quantitative estimate of drug-likeness (QED) is 0.886. The van der Waals surface area contributed by atoms with Crippen LogP contribution in [0.2, 0.25) is 0 Å². The first-order chi connectivity index (χ1) is 10.3. The number of hydrogen-bond donors (Lipinski definition) is 2. The Labute approximate surface area is 122 Å². The van der Waals surface area contributed by atoms with Crippen molar-refractivity contribution in [3.63, 3.8) is 0 Å². The van der Waals surface area contributed by atoms with Crippen molar-refractivity contribution in [3.05, 3.63) is 47.5 Å². The van der Waals surface area contributed by atoms with E-state index < -0.39 is 0 Å². The number of aromatic amines is 1. The van der Waals surface area contributed by atoms with Gasteiger partial charge in [-0.25, -0.2) is 4.39 Å². The molecule has 0 spiro atoms. The number of methoxy groups -OCH3 is 1. The molecule has 0 amide bonds. The molecule has 0 radical (unpaired) electrons. The number of nitrogens with one attached hydrogen (secondary N) is 2. The second kappa shape index (κ2) is 6.24. The molecule has 1 aromatic carbocycles. The maximum atomic E-state index is 13.4. The molecule has 0 unspecified atom stereocenters. The Kier molecular flexibility index (Phi) is 4.17. The van der Waals surface area contributed by atoms with E-state index in [0.717, 1.165) is 17.7 Å². The molecule has 5 nitrogen and oxygen atoms in total. The van der Waals surface area contributed by atoms with Crippen LogP contribution >= 0.6 is 0 Å². The standard InChI is InChI=1S/C15H18FN3O2/c1-20-14-3-2-11(16)8-10(14)9-17-12-5-7-21-15(12)13-4-6-18-19-13/h2-4,6,8,12,15,17H,5,7,9H2,1H3,(H,18,19)/t12-,15-/m0/s1. The highest BCUT2D eigenvalue weighted by Gasteiger charge is 2.30. The molecule has 2 N–H and O–H groups in total. The summed E-state index contributed by atoms with van der Waals surface area (Å²) in [7, 11) is 1.59. The van der Waals surface area contributed by atoms with E-state index in [1.54, 1.807) is 19.4 Å². The first kappa shape index (κ1) is 14.0. The molecular formula is C15H18FN3O2. The van der Waals surface area contributed by atoms with E-state index in [-0.39, 0.29) is 18.0 Å². The van der Waals surface area contributed by atoms with Gasteiger partial charge in [0.15, 0.2) is 0 Å². The summed E-state index contributed by atoms with van der Waals surface area (Å²) in [5.74, 6) is 0.418. The van der Waals surface area contributed by atoms with Crippen LogP contribution in [0.4, 0.5) is 4.39 Å². The van der Waals surface area contributed by atoms with E-state index in [1.165, 1.54) is 12.1 Å². The number of halogens is 1. The van der Waals surface area contributed by atoms with Crippen LogP contribution in [-0.2, 0) is 11.3 Å². The van der Waals surface area contributed by atoms with Crippen molar-refractivity contribution in [3.8, 4) is 5.75 Å². The second-order valence-electron chi connectivity index (χ2n) is 5.04. The van der Waals surface area contributed by atoms with Gasteiger partial charge in [-0.15, -0.1) is 0 Å². The van der Waals surface area contributed by atoms with Crippen LogP contribution in [0, 0.1) is 5.82 Å². The molecule has 112 valence electrons. The van der Waals surface area contributed by atoms with Crippen molar-refractivity contribution in [2.45, 2.75) is 25.1 Å². The average molecular weight is 291 g/mol. The molecule has 2 atom stereocenters. The maximum Gasteiger partial charge on any atom is 0.123 e. The Bertz CT molecular complexity index is 589. The van der Waals surface area contributed by atoms with Crippen LogP contribution < -0.4 is 10.1 Å². The molecular weight excluding hydrogens is 273 g/mol. The Morgan fingerprint density at radius 3 is 3.14 bits per heavy atom. The highest BCUT2D eigenvalue weighted by Crippen LogP contribution is 2.28. The topological polar surface area (TPSA) is 59.2 Å². The lowest BCUT2D eigenvalue weighted by molar-refractivity contribution is 0.0950. The summed E-state index contributed by atoms with van der Waals surface area (Å²) in [5.41, 5.74) is 1.75. The van der Waals surface area contributed by atoms with Gasteiger partial charge in [-0.05, 0) is 30.7 Å².